The van der Waals surface area contributed by atoms with Crippen LogP contribution in [-0.4, -0.2) is 18.4 Å². The zero-order valence-electron chi connectivity index (χ0n) is 9.62. The maximum atomic E-state index is 11.4. The Morgan fingerprint density at radius 1 is 1.41 bits per heavy atom. The van der Waals surface area contributed by atoms with Crippen LogP contribution in [0, 0.1) is 6.92 Å². The summed E-state index contributed by atoms with van der Waals surface area (Å²) in [6.07, 6.45) is 1.49. The number of hydrogen-bond acceptors (Lipinski definition) is 3. The van der Waals surface area contributed by atoms with Gasteiger partial charge in [-0.1, -0.05) is 12.1 Å². The summed E-state index contributed by atoms with van der Waals surface area (Å²) in [4.78, 5) is 22.7. The van der Waals surface area contributed by atoms with E-state index in [1.54, 1.807) is 18.2 Å². The third-order valence-electron chi connectivity index (χ3n) is 2.07. The third-order valence-corrected chi connectivity index (χ3v) is 2.07. The number of rotatable bonds is 3. The van der Waals surface area contributed by atoms with Crippen LogP contribution in [0.25, 0.3) is 0 Å². The SMILES string of the molecule is C=CCNC(=O)C(=O)Nc1ccc(C)cc1N. The van der Waals surface area contributed by atoms with Crippen LogP contribution in [-0.2, 0) is 9.59 Å². The molecule has 1 aromatic carbocycles. The first-order valence-corrected chi connectivity index (χ1v) is 5.11. The molecular weight excluding hydrogens is 218 g/mol. The zero-order chi connectivity index (χ0) is 12.8. The van der Waals surface area contributed by atoms with Gasteiger partial charge in [0.05, 0.1) is 11.4 Å². The van der Waals surface area contributed by atoms with Gasteiger partial charge in [0.1, 0.15) is 0 Å². The van der Waals surface area contributed by atoms with Crippen molar-refractivity contribution in [3.63, 3.8) is 0 Å². The molecule has 1 rings (SSSR count). The van der Waals surface area contributed by atoms with E-state index in [4.69, 9.17) is 5.73 Å². The molecule has 4 N–H and O–H groups in total. The number of carbonyl (C=O) groups excluding carboxylic acids is 2. The van der Waals surface area contributed by atoms with Crippen LogP contribution in [0.2, 0.25) is 0 Å². The largest absolute Gasteiger partial charge is 0.397 e. The summed E-state index contributed by atoms with van der Waals surface area (Å²) in [5, 5.41) is 4.81. The second kappa shape index (κ2) is 5.69. The van der Waals surface area contributed by atoms with Crippen molar-refractivity contribution < 1.29 is 9.59 Å². The molecule has 0 heterocycles. The summed E-state index contributed by atoms with van der Waals surface area (Å²) in [7, 11) is 0. The van der Waals surface area contributed by atoms with Crippen molar-refractivity contribution in [1.82, 2.24) is 5.32 Å². The van der Waals surface area contributed by atoms with E-state index in [1.807, 2.05) is 6.92 Å². The van der Waals surface area contributed by atoms with Gasteiger partial charge in [-0.05, 0) is 24.6 Å². The molecule has 0 aromatic heterocycles. The normalized spacial score (nSPS) is 9.47. The number of nitrogen functional groups attached to an aromatic ring is 1. The Balaban J connectivity index is 2.67. The van der Waals surface area contributed by atoms with Crippen LogP contribution >= 0.6 is 0 Å². The highest BCUT2D eigenvalue weighted by Crippen LogP contribution is 2.19. The van der Waals surface area contributed by atoms with Crippen molar-refractivity contribution in [1.29, 1.82) is 0 Å². The number of hydrogen-bond donors (Lipinski definition) is 3. The third kappa shape index (κ3) is 3.64. The van der Waals surface area contributed by atoms with Gasteiger partial charge in [0, 0.05) is 6.54 Å². The van der Waals surface area contributed by atoms with Gasteiger partial charge in [-0.3, -0.25) is 9.59 Å². The predicted octanol–water partition coefficient (Wildman–Crippen LogP) is 0.818. The smallest absolute Gasteiger partial charge is 0.313 e. The molecule has 2 amide bonds. The van der Waals surface area contributed by atoms with Gasteiger partial charge >= 0.3 is 11.8 Å². The van der Waals surface area contributed by atoms with E-state index in [1.165, 1.54) is 6.08 Å². The molecule has 0 spiro atoms. The minimum atomic E-state index is -0.748. The molecule has 0 bridgehead atoms. The van der Waals surface area contributed by atoms with Gasteiger partial charge < -0.3 is 16.4 Å². The molecule has 0 saturated carbocycles. The number of amides is 2. The highest BCUT2D eigenvalue weighted by molar-refractivity contribution is 6.39. The highest BCUT2D eigenvalue weighted by Gasteiger charge is 2.13. The van der Waals surface area contributed by atoms with E-state index < -0.39 is 11.8 Å². The number of aryl methyl sites for hydroxylation is 1. The summed E-state index contributed by atoms with van der Waals surface area (Å²) >= 11 is 0. The Hall–Kier alpha value is -2.30. The van der Waals surface area contributed by atoms with Crippen molar-refractivity contribution in [3.8, 4) is 0 Å². The van der Waals surface area contributed by atoms with Crippen LogP contribution in [0.4, 0.5) is 11.4 Å². The van der Waals surface area contributed by atoms with Gasteiger partial charge in [-0.2, -0.15) is 0 Å². The monoisotopic (exact) mass is 233 g/mol. The number of nitrogens with two attached hydrogens (primary N) is 1. The molecule has 0 fully saturated rings. The van der Waals surface area contributed by atoms with Crippen molar-refractivity contribution in [2.24, 2.45) is 0 Å². The standard InChI is InChI=1S/C12H15N3O2/c1-3-6-14-11(16)12(17)15-10-5-4-8(2)7-9(10)13/h3-5,7H,1,6,13H2,2H3,(H,14,16)(H,15,17). The molecule has 5 nitrogen and oxygen atoms in total. The van der Waals surface area contributed by atoms with Crippen molar-refractivity contribution in [3.05, 3.63) is 36.4 Å². The van der Waals surface area contributed by atoms with E-state index in [0.717, 1.165) is 5.56 Å². The first-order chi connectivity index (χ1) is 8.04. The summed E-state index contributed by atoms with van der Waals surface area (Å²) in [5.74, 6) is -1.47. The Kier molecular flexibility index (Phi) is 4.28. The molecule has 0 radical (unpaired) electrons. The Labute approximate surface area is 99.7 Å². The van der Waals surface area contributed by atoms with Crippen LogP contribution < -0.4 is 16.4 Å². The molecule has 1 aromatic rings. The summed E-state index contributed by atoms with van der Waals surface area (Å²) in [6.45, 7) is 5.57. The minimum Gasteiger partial charge on any atom is -0.397 e. The second-order valence-corrected chi connectivity index (χ2v) is 3.54. The summed E-state index contributed by atoms with van der Waals surface area (Å²) in [6, 6.07) is 5.17. The van der Waals surface area contributed by atoms with Crippen molar-refractivity contribution in [2.75, 3.05) is 17.6 Å². The quantitative estimate of drug-likeness (QED) is 0.410. The molecule has 5 heteroatoms. The second-order valence-electron chi connectivity index (χ2n) is 3.54. The number of nitrogens with one attached hydrogen (secondary N) is 2. The average Bonchev–Trinajstić information content (AvgIpc) is 2.29. The van der Waals surface area contributed by atoms with Crippen molar-refractivity contribution in [2.45, 2.75) is 6.92 Å². The lowest BCUT2D eigenvalue weighted by Gasteiger charge is -2.08. The maximum absolute atomic E-state index is 11.4. The average molecular weight is 233 g/mol. The van der Waals surface area contributed by atoms with Crippen molar-refractivity contribution >= 4 is 23.2 Å². The first-order valence-electron chi connectivity index (χ1n) is 5.11. The van der Waals surface area contributed by atoms with E-state index in [-0.39, 0.29) is 6.54 Å². The fraction of sp³-hybridized carbons (Fsp3) is 0.167. The van der Waals surface area contributed by atoms with Gasteiger partial charge in [0.2, 0.25) is 0 Å². The lowest BCUT2D eigenvalue weighted by Crippen LogP contribution is -2.35. The summed E-state index contributed by atoms with van der Waals surface area (Å²) < 4.78 is 0. The van der Waals surface area contributed by atoms with Gasteiger partial charge in [-0.15, -0.1) is 6.58 Å². The van der Waals surface area contributed by atoms with E-state index in [0.29, 0.717) is 11.4 Å². The molecular formula is C12H15N3O2. The molecule has 17 heavy (non-hydrogen) atoms. The predicted molar refractivity (Wildman–Crippen MR) is 67.4 cm³/mol. The lowest BCUT2D eigenvalue weighted by molar-refractivity contribution is -0.136. The molecule has 0 aliphatic heterocycles. The van der Waals surface area contributed by atoms with Gasteiger partial charge in [-0.25, -0.2) is 0 Å². The summed E-state index contributed by atoms with van der Waals surface area (Å²) in [5.41, 5.74) is 7.54. The van der Waals surface area contributed by atoms with E-state index in [9.17, 15) is 9.59 Å². The van der Waals surface area contributed by atoms with Crippen LogP contribution in [0.3, 0.4) is 0 Å². The topological polar surface area (TPSA) is 84.2 Å². The Morgan fingerprint density at radius 2 is 2.12 bits per heavy atom. The number of carbonyl (C=O) groups is 2. The molecule has 0 aliphatic rings. The Bertz CT molecular complexity index is 455. The van der Waals surface area contributed by atoms with Gasteiger partial charge in [0.25, 0.3) is 0 Å². The fourth-order valence-corrected chi connectivity index (χ4v) is 1.22. The van der Waals surface area contributed by atoms with Crippen LogP contribution in [0.15, 0.2) is 30.9 Å². The molecule has 0 atom stereocenters. The first kappa shape index (κ1) is 12.8. The van der Waals surface area contributed by atoms with Crippen LogP contribution in [0.1, 0.15) is 5.56 Å². The fourth-order valence-electron chi connectivity index (χ4n) is 1.22. The van der Waals surface area contributed by atoms with Crippen LogP contribution in [0.5, 0.6) is 0 Å². The highest BCUT2D eigenvalue weighted by atomic mass is 16.2. The maximum Gasteiger partial charge on any atom is 0.313 e. The molecule has 0 aliphatic carbocycles. The zero-order valence-corrected chi connectivity index (χ0v) is 9.62. The van der Waals surface area contributed by atoms with E-state index >= 15 is 0 Å². The minimum absolute atomic E-state index is 0.246. The lowest BCUT2D eigenvalue weighted by atomic mass is 10.2. The Morgan fingerprint density at radius 3 is 2.71 bits per heavy atom. The number of benzene rings is 1. The molecule has 90 valence electrons. The number of anilines is 2. The van der Waals surface area contributed by atoms with E-state index in [2.05, 4.69) is 17.2 Å². The van der Waals surface area contributed by atoms with Gasteiger partial charge in [0.15, 0.2) is 0 Å². The molecule has 0 unspecified atom stereocenters. The molecule has 0 saturated heterocycles.